The summed E-state index contributed by atoms with van der Waals surface area (Å²) in [6.07, 6.45) is 4.00. The molecule has 4 N–H and O–H groups in total. The largest absolute Gasteiger partial charge is 0.481 e. The average Bonchev–Trinajstić information content (AvgIpc) is 3.09. The van der Waals surface area contributed by atoms with Crippen LogP contribution in [-0.2, 0) is 17.6 Å². The van der Waals surface area contributed by atoms with Gasteiger partial charge >= 0.3 is 5.97 Å². The molecule has 10 heteroatoms. The second-order valence-electron chi connectivity index (χ2n) is 10.2. The maximum Gasteiger partial charge on any atom is 0.305 e. The van der Waals surface area contributed by atoms with Gasteiger partial charge in [0, 0.05) is 30.8 Å². The number of halogens is 1. The standard InChI is InChI=1S/C30H33FN4O5/c1-16(2)27-22(12-11-19(36)13-20(37)14-25(38)39)26(17-7-9-18(31)10-8-17)21-5-4-6-24-23(28(21)35-27)15-33-29(34-24)30(40)32-3/h7-12,15-16,19-20,36-37H,4-6,13-14H2,1-3H3,(H,32,40)(H,38,39)/b12-11+/t19-,20-/m1/s1. The van der Waals surface area contributed by atoms with Gasteiger partial charge in [0.2, 0.25) is 5.82 Å². The summed E-state index contributed by atoms with van der Waals surface area (Å²) in [5.74, 6) is -1.84. The Kier molecular flexibility index (Phi) is 9.01. The Morgan fingerprint density at radius 3 is 2.50 bits per heavy atom. The van der Waals surface area contributed by atoms with E-state index in [-0.39, 0.29) is 29.9 Å². The lowest BCUT2D eigenvalue weighted by atomic mass is 9.87. The molecule has 2 aromatic heterocycles. The van der Waals surface area contributed by atoms with Crippen molar-refractivity contribution in [1.29, 1.82) is 0 Å². The quantitative estimate of drug-likeness (QED) is 0.315. The summed E-state index contributed by atoms with van der Waals surface area (Å²) in [7, 11) is 1.52. The molecule has 2 heterocycles. The normalized spacial score (nSPS) is 14.4. The number of carbonyl (C=O) groups excluding carboxylic acids is 1. The highest BCUT2D eigenvalue weighted by Crippen LogP contribution is 2.41. The molecule has 0 saturated carbocycles. The fourth-order valence-electron chi connectivity index (χ4n) is 4.99. The van der Waals surface area contributed by atoms with Crippen LogP contribution in [0.4, 0.5) is 4.39 Å². The van der Waals surface area contributed by atoms with E-state index in [4.69, 9.17) is 10.1 Å². The Morgan fingerprint density at radius 2 is 1.85 bits per heavy atom. The SMILES string of the molecule is CNC(=O)c1ncc2c(n1)CCCc1c-2nc(C(C)C)c(/C=C/[C@@H](O)C[C@@H](O)CC(=O)O)c1-c1ccc(F)cc1. The van der Waals surface area contributed by atoms with E-state index in [1.165, 1.54) is 25.3 Å². The fraction of sp³-hybridized carbons (Fsp3) is 0.367. The number of carbonyl (C=O) groups is 2. The van der Waals surface area contributed by atoms with E-state index in [1.807, 2.05) is 13.8 Å². The molecule has 40 heavy (non-hydrogen) atoms. The van der Waals surface area contributed by atoms with Crippen LogP contribution in [0, 0.1) is 5.82 Å². The number of amides is 1. The number of carboxylic acids is 1. The third-order valence-corrected chi connectivity index (χ3v) is 6.85. The first-order valence-electron chi connectivity index (χ1n) is 13.3. The number of nitrogens with zero attached hydrogens (tertiary/aromatic N) is 3. The highest BCUT2D eigenvalue weighted by atomic mass is 19.1. The lowest BCUT2D eigenvalue weighted by molar-refractivity contribution is -0.139. The number of aromatic nitrogens is 3. The van der Waals surface area contributed by atoms with Gasteiger partial charge in [0.05, 0.1) is 35.7 Å². The van der Waals surface area contributed by atoms with Crippen LogP contribution in [0.15, 0.2) is 36.5 Å². The molecule has 210 valence electrons. The Hall–Kier alpha value is -4.02. The predicted molar refractivity (Wildman–Crippen MR) is 148 cm³/mol. The molecular formula is C30H33FN4O5. The van der Waals surface area contributed by atoms with Crippen molar-refractivity contribution < 1.29 is 29.3 Å². The van der Waals surface area contributed by atoms with Gasteiger partial charge in [0.15, 0.2) is 0 Å². The number of aliphatic hydroxyl groups is 2. The van der Waals surface area contributed by atoms with E-state index in [9.17, 15) is 24.2 Å². The van der Waals surface area contributed by atoms with E-state index in [0.717, 1.165) is 45.6 Å². The molecular weight excluding hydrogens is 515 g/mol. The van der Waals surface area contributed by atoms with Crippen LogP contribution in [0.5, 0.6) is 0 Å². The molecule has 3 aromatic rings. The molecule has 1 amide bonds. The summed E-state index contributed by atoms with van der Waals surface area (Å²) < 4.78 is 13.9. The second-order valence-corrected chi connectivity index (χ2v) is 10.2. The van der Waals surface area contributed by atoms with Gasteiger partial charge in [0.25, 0.3) is 5.91 Å². The maximum atomic E-state index is 13.9. The van der Waals surface area contributed by atoms with Crippen molar-refractivity contribution in [2.75, 3.05) is 7.05 Å². The number of pyridine rings is 1. The summed E-state index contributed by atoms with van der Waals surface area (Å²) in [6, 6.07) is 6.20. The Bertz CT molecular complexity index is 1440. The summed E-state index contributed by atoms with van der Waals surface area (Å²) in [5.41, 5.74) is 6.18. The maximum absolute atomic E-state index is 13.9. The Labute approximate surface area is 231 Å². The van der Waals surface area contributed by atoms with Crippen LogP contribution in [-0.4, -0.2) is 61.4 Å². The van der Waals surface area contributed by atoms with Crippen LogP contribution >= 0.6 is 0 Å². The average molecular weight is 549 g/mol. The van der Waals surface area contributed by atoms with Crippen molar-refractivity contribution in [1.82, 2.24) is 20.3 Å². The predicted octanol–water partition coefficient (Wildman–Crippen LogP) is 3.92. The van der Waals surface area contributed by atoms with Gasteiger partial charge in [-0.05, 0) is 54.0 Å². The highest BCUT2D eigenvalue weighted by Gasteiger charge is 2.27. The molecule has 2 atom stereocenters. The number of aliphatic hydroxyl groups excluding tert-OH is 2. The molecule has 0 unspecified atom stereocenters. The minimum Gasteiger partial charge on any atom is -0.481 e. The highest BCUT2D eigenvalue weighted by molar-refractivity contribution is 5.91. The number of aliphatic carboxylic acids is 1. The first-order chi connectivity index (χ1) is 19.1. The number of nitrogens with one attached hydrogen (secondary N) is 1. The minimum absolute atomic E-state index is 0.0448. The topological polar surface area (TPSA) is 146 Å². The number of benzene rings is 1. The van der Waals surface area contributed by atoms with Gasteiger partial charge in [0.1, 0.15) is 5.82 Å². The third kappa shape index (κ3) is 6.40. The number of rotatable bonds is 9. The number of hydrogen-bond donors (Lipinski definition) is 4. The van der Waals surface area contributed by atoms with Gasteiger partial charge in [-0.1, -0.05) is 38.1 Å². The van der Waals surface area contributed by atoms with Crippen LogP contribution in [0.25, 0.3) is 28.5 Å². The molecule has 0 saturated heterocycles. The number of fused-ring (bicyclic) bond motifs is 3. The molecule has 0 aliphatic heterocycles. The molecule has 9 nitrogen and oxygen atoms in total. The van der Waals surface area contributed by atoms with Gasteiger partial charge in [-0.2, -0.15) is 0 Å². The molecule has 1 aliphatic rings. The molecule has 0 radical (unpaired) electrons. The monoisotopic (exact) mass is 548 g/mol. The molecule has 0 fully saturated rings. The summed E-state index contributed by atoms with van der Waals surface area (Å²) in [4.78, 5) is 37.0. The smallest absolute Gasteiger partial charge is 0.305 e. The second kappa shape index (κ2) is 12.4. The van der Waals surface area contributed by atoms with Gasteiger partial charge in [-0.25, -0.2) is 14.4 Å². The van der Waals surface area contributed by atoms with Crippen molar-refractivity contribution in [3.8, 4) is 22.4 Å². The molecule has 1 aromatic carbocycles. The molecule has 0 bridgehead atoms. The third-order valence-electron chi connectivity index (χ3n) is 6.85. The van der Waals surface area contributed by atoms with E-state index in [0.29, 0.717) is 18.5 Å². The van der Waals surface area contributed by atoms with Crippen molar-refractivity contribution in [2.24, 2.45) is 0 Å². The summed E-state index contributed by atoms with van der Waals surface area (Å²) in [5, 5.41) is 32.0. The molecule has 4 rings (SSSR count). The minimum atomic E-state index is -1.19. The van der Waals surface area contributed by atoms with Crippen molar-refractivity contribution in [3.05, 3.63) is 70.7 Å². The zero-order valence-corrected chi connectivity index (χ0v) is 22.7. The van der Waals surface area contributed by atoms with Crippen molar-refractivity contribution in [3.63, 3.8) is 0 Å². The molecule has 0 spiro atoms. The fourth-order valence-corrected chi connectivity index (χ4v) is 4.99. The van der Waals surface area contributed by atoms with Crippen LogP contribution in [0.1, 0.15) is 72.2 Å². The van der Waals surface area contributed by atoms with E-state index >= 15 is 0 Å². The number of aryl methyl sites for hydroxylation is 1. The van der Waals surface area contributed by atoms with Crippen molar-refractivity contribution >= 4 is 18.0 Å². The van der Waals surface area contributed by atoms with E-state index in [2.05, 4.69) is 15.3 Å². The van der Waals surface area contributed by atoms with Gasteiger partial charge in [-0.3, -0.25) is 14.6 Å². The number of carboxylic acid groups (broad SMARTS) is 1. The zero-order valence-electron chi connectivity index (χ0n) is 22.7. The first-order valence-corrected chi connectivity index (χ1v) is 13.3. The van der Waals surface area contributed by atoms with E-state index in [1.54, 1.807) is 24.4 Å². The molecule has 1 aliphatic carbocycles. The van der Waals surface area contributed by atoms with Crippen molar-refractivity contribution in [2.45, 2.75) is 64.1 Å². The first kappa shape index (κ1) is 29.0. The Balaban J connectivity index is 1.91. The number of hydrogen-bond acceptors (Lipinski definition) is 7. The van der Waals surface area contributed by atoms with Crippen LogP contribution in [0.3, 0.4) is 0 Å². The Morgan fingerprint density at radius 1 is 1.12 bits per heavy atom. The van der Waals surface area contributed by atoms with Gasteiger partial charge < -0.3 is 20.6 Å². The summed E-state index contributed by atoms with van der Waals surface area (Å²) >= 11 is 0. The van der Waals surface area contributed by atoms with Crippen LogP contribution < -0.4 is 5.32 Å². The summed E-state index contributed by atoms with van der Waals surface area (Å²) in [6.45, 7) is 3.99. The zero-order chi connectivity index (χ0) is 29.0. The van der Waals surface area contributed by atoms with E-state index < -0.39 is 24.6 Å². The lowest BCUT2D eigenvalue weighted by Gasteiger charge is -2.22. The lowest BCUT2D eigenvalue weighted by Crippen LogP contribution is -2.21. The van der Waals surface area contributed by atoms with Gasteiger partial charge in [-0.15, -0.1) is 0 Å². The van der Waals surface area contributed by atoms with Crippen LogP contribution in [0.2, 0.25) is 0 Å².